The van der Waals surface area contributed by atoms with Crippen molar-refractivity contribution in [3.05, 3.63) is 59.7 Å². The van der Waals surface area contributed by atoms with Crippen molar-refractivity contribution in [3.63, 3.8) is 0 Å². The van der Waals surface area contributed by atoms with Gasteiger partial charge in [-0.3, -0.25) is 9.59 Å². The van der Waals surface area contributed by atoms with Gasteiger partial charge in [-0.15, -0.1) is 0 Å². The zero-order valence-corrected chi connectivity index (χ0v) is 16.0. The zero-order chi connectivity index (χ0) is 19.5. The molecule has 2 aromatic rings. The molecule has 2 aromatic carbocycles. The summed E-state index contributed by atoms with van der Waals surface area (Å²) in [6.07, 6.45) is 8.15. The molecular weight excluding hydrogens is 338 g/mol. The van der Waals surface area contributed by atoms with E-state index in [0.717, 1.165) is 25.7 Å². The zero-order valence-electron chi connectivity index (χ0n) is 16.0. The van der Waals surface area contributed by atoms with Gasteiger partial charge in [0.05, 0.1) is 11.3 Å². The quantitative estimate of drug-likeness (QED) is 0.313. The van der Waals surface area contributed by atoms with Gasteiger partial charge in [0.15, 0.2) is 5.78 Å². The van der Waals surface area contributed by atoms with Crippen LogP contribution < -0.4 is 5.32 Å². The van der Waals surface area contributed by atoms with E-state index in [2.05, 4.69) is 29.6 Å². The van der Waals surface area contributed by atoms with E-state index in [1.165, 1.54) is 31.7 Å². The van der Waals surface area contributed by atoms with E-state index >= 15 is 0 Å². The molecule has 0 spiro atoms. The molecule has 0 aliphatic carbocycles. The number of unbranched alkanes of at least 4 members (excludes halogenated alkanes) is 5. The van der Waals surface area contributed by atoms with Gasteiger partial charge in [-0.05, 0) is 43.9 Å². The fourth-order valence-electron chi connectivity index (χ4n) is 3.11. The second-order valence-electron chi connectivity index (χ2n) is 6.91. The Balaban J connectivity index is 1.57. The summed E-state index contributed by atoms with van der Waals surface area (Å²) >= 11 is 0. The van der Waals surface area contributed by atoms with E-state index in [1.807, 2.05) is 6.07 Å². The first-order chi connectivity index (χ1) is 13.1. The first kappa shape index (κ1) is 20.7. The Kier molecular flexibility index (Phi) is 8.56. The summed E-state index contributed by atoms with van der Waals surface area (Å²) in [6, 6.07) is 15.3. The van der Waals surface area contributed by atoms with Gasteiger partial charge in [0, 0.05) is 6.42 Å². The molecule has 144 valence electrons. The van der Waals surface area contributed by atoms with E-state index in [1.54, 1.807) is 18.2 Å². The Morgan fingerprint density at radius 2 is 1.52 bits per heavy atom. The van der Waals surface area contributed by atoms with Crippen molar-refractivity contribution in [3.8, 4) is 5.75 Å². The van der Waals surface area contributed by atoms with Gasteiger partial charge in [-0.1, -0.05) is 62.1 Å². The number of carbonyl (C=O) groups is 2. The summed E-state index contributed by atoms with van der Waals surface area (Å²) in [5, 5.41) is 12.7. The molecule has 0 aromatic heterocycles. The molecule has 0 aliphatic rings. The molecule has 2 rings (SSSR count). The number of carbonyl (C=O) groups excluding carboxylic acids is 2. The molecule has 0 fully saturated rings. The SMILES string of the molecule is CC(=O)c1cccc(NC(=O)CCCCCCCCc2ccccc2)c1O. The van der Waals surface area contributed by atoms with E-state index in [-0.39, 0.29) is 23.0 Å². The summed E-state index contributed by atoms with van der Waals surface area (Å²) in [6.45, 7) is 1.39. The monoisotopic (exact) mass is 367 g/mol. The molecule has 0 heterocycles. The summed E-state index contributed by atoms with van der Waals surface area (Å²) in [4.78, 5) is 23.5. The van der Waals surface area contributed by atoms with Crippen LogP contribution >= 0.6 is 0 Å². The first-order valence-electron chi connectivity index (χ1n) is 9.74. The van der Waals surface area contributed by atoms with E-state index in [4.69, 9.17) is 0 Å². The number of para-hydroxylation sites is 1. The number of benzene rings is 2. The lowest BCUT2D eigenvalue weighted by molar-refractivity contribution is -0.116. The molecule has 0 saturated carbocycles. The van der Waals surface area contributed by atoms with Crippen LogP contribution in [0, 0.1) is 0 Å². The van der Waals surface area contributed by atoms with Crippen LogP contribution in [0.25, 0.3) is 0 Å². The normalized spacial score (nSPS) is 10.6. The average Bonchev–Trinajstić information content (AvgIpc) is 2.66. The second kappa shape index (κ2) is 11.2. The molecule has 4 nitrogen and oxygen atoms in total. The molecule has 1 amide bonds. The molecule has 0 atom stereocenters. The fourth-order valence-corrected chi connectivity index (χ4v) is 3.11. The van der Waals surface area contributed by atoms with Crippen molar-refractivity contribution in [1.82, 2.24) is 0 Å². The number of ketones is 1. The summed E-state index contributed by atoms with van der Waals surface area (Å²) in [5.41, 5.74) is 1.92. The Bertz CT molecular complexity index is 741. The standard InChI is InChI=1S/C23H29NO3/c1-18(25)20-15-11-16-21(23(20)27)24-22(26)17-10-5-3-2-4-7-12-19-13-8-6-9-14-19/h6,8-9,11,13-16,27H,2-5,7,10,12,17H2,1H3,(H,24,26). The highest BCUT2D eigenvalue weighted by Gasteiger charge is 2.12. The highest BCUT2D eigenvalue weighted by atomic mass is 16.3. The molecule has 27 heavy (non-hydrogen) atoms. The van der Waals surface area contributed by atoms with Gasteiger partial charge in [-0.25, -0.2) is 0 Å². The highest BCUT2D eigenvalue weighted by molar-refractivity contribution is 6.00. The van der Waals surface area contributed by atoms with Crippen LogP contribution in [0.2, 0.25) is 0 Å². The first-order valence-corrected chi connectivity index (χ1v) is 9.74. The van der Waals surface area contributed by atoms with Crippen molar-refractivity contribution in [2.24, 2.45) is 0 Å². The van der Waals surface area contributed by atoms with E-state index in [0.29, 0.717) is 12.1 Å². The highest BCUT2D eigenvalue weighted by Crippen LogP contribution is 2.28. The van der Waals surface area contributed by atoms with Crippen molar-refractivity contribution < 1.29 is 14.7 Å². The van der Waals surface area contributed by atoms with Crippen molar-refractivity contribution in [2.45, 2.75) is 58.3 Å². The second-order valence-corrected chi connectivity index (χ2v) is 6.91. The fraction of sp³-hybridized carbons (Fsp3) is 0.391. The van der Waals surface area contributed by atoms with Crippen LogP contribution in [0.4, 0.5) is 5.69 Å². The number of phenols is 1. The number of amides is 1. The molecule has 4 heteroatoms. The lowest BCUT2D eigenvalue weighted by Gasteiger charge is -2.09. The third kappa shape index (κ3) is 7.26. The maximum atomic E-state index is 12.0. The van der Waals surface area contributed by atoms with Crippen molar-refractivity contribution >= 4 is 17.4 Å². The van der Waals surface area contributed by atoms with Crippen LogP contribution in [-0.2, 0) is 11.2 Å². The van der Waals surface area contributed by atoms with Gasteiger partial charge in [-0.2, -0.15) is 0 Å². The van der Waals surface area contributed by atoms with Gasteiger partial charge in [0.25, 0.3) is 0 Å². The lowest BCUT2D eigenvalue weighted by atomic mass is 10.0. The smallest absolute Gasteiger partial charge is 0.224 e. The molecule has 2 N–H and O–H groups in total. The van der Waals surface area contributed by atoms with Gasteiger partial charge >= 0.3 is 0 Å². The Labute approximate surface area is 161 Å². The lowest BCUT2D eigenvalue weighted by Crippen LogP contribution is -2.11. The maximum absolute atomic E-state index is 12.0. The molecule has 0 aliphatic heterocycles. The minimum atomic E-state index is -0.226. The van der Waals surface area contributed by atoms with Crippen LogP contribution in [0.5, 0.6) is 5.75 Å². The summed E-state index contributed by atoms with van der Waals surface area (Å²) in [7, 11) is 0. The number of aromatic hydroxyl groups is 1. The minimum Gasteiger partial charge on any atom is -0.505 e. The van der Waals surface area contributed by atoms with Crippen LogP contribution in [0.15, 0.2) is 48.5 Å². The topological polar surface area (TPSA) is 66.4 Å². The average molecular weight is 367 g/mol. The third-order valence-corrected chi connectivity index (χ3v) is 4.65. The van der Waals surface area contributed by atoms with Crippen LogP contribution in [-0.4, -0.2) is 16.8 Å². The Hall–Kier alpha value is -2.62. The molecule has 0 saturated heterocycles. The maximum Gasteiger partial charge on any atom is 0.224 e. The van der Waals surface area contributed by atoms with Gasteiger partial charge < -0.3 is 10.4 Å². The summed E-state index contributed by atoms with van der Waals surface area (Å²) < 4.78 is 0. The van der Waals surface area contributed by atoms with E-state index < -0.39 is 0 Å². The number of aryl methyl sites for hydroxylation is 1. The molecule has 0 bridgehead atoms. The number of nitrogens with one attached hydrogen (secondary N) is 1. The number of rotatable bonds is 11. The number of Topliss-reactive ketones (excluding diaryl/α,β-unsaturated/α-hetero) is 1. The molecule has 0 radical (unpaired) electrons. The minimum absolute atomic E-state index is 0.130. The molecular formula is C23H29NO3. The van der Waals surface area contributed by atoms with Gasteiger partial charge in [0.2, 0.25) is 5.91 Å². The number of anilines is 1. The van der Waals surface area contributed by atoms with Crippen molar-refractivity contribution in [1.29, 1.82) is 0 Å². The Morgan fingerprint density at radius 1 is 0.852 bits per heavy atom. The Morgan fingerprint density at radius 3 is 2.22 bits per heavy atom. The number of hydrogen-bond donors (Lipinski definition) is 2. The van der Waals surface area contributed by atoms with E-state index in [9.17, 15) is 14.7 Å². The third-order valence-electron chi connectivity index (χ3n) is 4.65. The predicted octanol–water partition coefficient (Wildman–Crippen LogP) is 5.51. The molecule has 0 unspecified atom stereocenters. The van der Waals surface area contributed by atoms with Gasteiger partial charge in [0.1, 0.15) is 5.75 Å². The largest absolute Gasteiger partial charge is 0.505 e. The van der Waals surface area contributed by atoms with Crippen molar-refractivity contribution in [2.75, 3.05) is 5.32 Å². The predicted molar refractivity (Wildman–Crippen MR) is 109 cm³/mol. The number of phenolic OH excluding ortho intramolecular Hbond substituents is 1. The van der Waals surface area contributed by atoms with Crippen LogP contribution in [0.1, 0.15) is 67.8 Å². The number of hydrogen-bond acceptors (Lipinski definition) is 3. The van der Waals surface area contributed by atoms with Crippen LogP contribution in [0.3, 0.4) is 0 Å². The summed E-state index contributed by atoms with van der Waals surface area (Å²) in [5.74, 6) is -0.511.